The average Bonchev–Trinajstić information content (AvgIpc) is 2.77. The summed E-state index contributed by atoms with van der Waals surface area (Å²) in [7, 11) is 0. The summed E-state index contributed by atoms with van der Waals surface area (Å²) in [6, 6.07) is 1.75. The highest BCUT2D eigenvalue weighted by Gasteiger charge is 2.26. The molecule has 20 heavy (non-hydrogen) atoms. The van der Waals surface area contributed by atoms with E-state index in [4.69, 9.17) is 10.8 Å². The second-order valence-electron chi connectivity index (χ2n) is 4.94. The van der Waals surface area contributed by atoms with E-state index < -0.39 is 5.54 Å². The maximum absolute atomic E-state index is 12.4. The number of fused-ring (bicyclic) bond motifs is 1. The first-order valence-electron chi connectivity index (χ1n) is 6.44. The molecule has 0 bridgehead atoms. The number of hydrogen-bond acceptors (Lipinski definition) is 6. The highest BCUT2D eigenvalue weighted by atomic mass is 32.1. The van der Waals surface area contributed by atoms with Crippen LogP contribution in [0.5, 0.6) is 0 Å². The fourth-order valence-corrected chi connectivity index (χ4v) is 2.88. The number of nitrogen functional groups attached to an aromatic ring is 1. The normalized spacial score (nSPS) is 14.2. The van der Waals surface area contributed by atoms with Crippen LogP contribution in [0.15, 0.2) is 12.3 Å². The van der Waals surface area contributed by atoms with Gasteiger partial charge in [0.25, 0.3) is 5.91 Å². The Morgan fingerprint density at radius 1 is 1.60 bits per heavy atom. The number of nitrogens with zero attached hydrogens (tertiary/aromatic N) is 2. The Morgan fingerprint density at radius 2 is 2.35 bits per heavy atom. The molecular weight excluding hydrogens is 276 g/mol. The number of hydrogen-bond donors (Lipinski definition) is 3. The molecule has 1 unspecified atom stereocenters. The molecule has 0 saturated carbocycles. The standard InChI is InChI=1S/C13H18N4O2S/c1-3-13(2,5-7-18)16-11(19)10-9(14)8-4-6-15-17-12(8)20-10/h4,6,18H,3,5,7,14H2,1-2H3,(H,16,19). The molecule has 1 atom stereocenters. The third kappa shape index (κ3) is 2.73. The van der Waals surface area contributed by atoms with Gasteiger partial charge in [0.05, 0.1) is 11.9 Å². The largest absolute Gasteiger partial charge is 0.397 e. The van der Waals surface area contributed by atoms with Gasteiger partial charge in [-0.1, -0.05) is 6.92 Å². The van der Waals surface area contributed by atoms with E-state index >= 15 is 0 Å². The lowest BCUT2D eigenvalue weighted by molar-refractivity contribution is 0.0891. The first-order chi connectivity index (χ1) is 9.50. The summed E-state index contributed by atoms with van der Waals surface area (Å²) in [4.78, 5) is 13.5. The van der Waals surface area contributed by atoms with Crippen molar-refractivity contribution in [2.45, 2.75) is 32.2 Å². The van der Waals surface area contributed by atoms with Crippen molar-refractivity contribution in [2.75, 3.05) is 12.3 Å². The van der Waals surface area contributed by atoms with Crippen molar-refractivity contribution in [3.8, 4) is 0 Å². The van der Waals surface area contributed by atoms with Crippen molar-refractivity contribution >= 4 is 33.1 Å². The van der Waals surface area contributed by atoms with Crippen molar-refractivity contribution in [1.82, 2.24) is 15.5 Å². The second-order valence-corrected chi connectivity index (χ2v) is 5.94. The van der Waals surface area contributed by atoms with E-state index in [9.17, 15) is 4.79 Å². The molecule has 0 radical (unpaired) electrons. The van der Waals surface area contributed by atoms with Crippen LogP contribution in [0.4, 0.5) is 5.69 Å². The molecule has 6 nitrogen and oxygen atoms in total. The lowest BCUT2D eigenvalue weighted by Gasteiger charge is -2.28. The Labute approximate surface area is 121 Å². The van der Waals surface area contributed by atoms with E-state index in [0.29, 0.717) is 21.8 Å². The van der Waals surface area contributed by atoms with Gasteiger partial charge in [-0.25, -0.2) is 0 Å². The highest BCUT2D eigenvalue weighted by Crippen LogP contribution is 2.32. The van der Waals surface area contributed by atoms with Gasteiger partial charge in [0.2, 0.25) is 0 Å². The first-order valence-corrected chi connectivity index (χ1v) is 7.25. The molecule has 0 spiro atoms. The van der Waals surface area contributed by atoms with E-state index in [1.807, 2.05) is 13.8 Å². The summed E-state index contributed by atoms with van der Waals surface area (Å²) in [5, 5.41) is 20.5. The zero-order valence-corrected chi connectivity index (χ0v) is 12.3. The van der Waals surface area contributed by atoms with Crippen LogP contribution in [-0.4, -0.2) is 33.4 Å². The number of anilines is 1. The minimum absolute atomic E-state index is 0.0258. The molecule has 0 aromatic carbocycles. The Balaban J connectivity index is 2.29. The van der Waals surface area contributed by atoms with Crippen LogP contribution in [0.1, 0.15) is 36.4 Å². The number of thiophene rings is 1. The summed E-state index contributed by atoms with van der Waals surface area (Å²) < 4.78 is 0. The van der Waals surface area contributed by atoms with E-state index in [1.165, 1.54) is 11.3 Å². The number of aliphatic hydroxyl groups is 1. The number of carbonyl (C=O) groups is 1. The van der Waals surface area contributed by atoms with Crippen molar-refractivity contribution in [2.24, 2.45) is 0 Å². The van der Waals surface area contributed by atoms with Gasteiger partial charge in [-0.3, -0.25) is 4.79 Å². The van der Waals surface area contributed by atoms with E-state index in [1.54, 1.807) is 12.3 Å². The number of rotatable bonds is 5. The van der Waals surface area contributed by atoms with Crippen LogP contribution in [-0.2, 0) is 0 Å². The van der Waals surface area contributed by atoms with Crippen LogP contribution in [0.2, 0.25) is 0 Å². The van der Waals surface area contributed by atoms with Gasteiger partial charge in [-0.05, 0) is 25.8 Å². The first kappa shape index (κ1) is 14.7. The Kier molecular flexibility index (Phi) is 4.20. The topological polar surface area (TPSA) is 101 Å². The van der Waals surface area contributed by atoms with Crippen LogP contribution >= 0.6 is 11.3 Å². The molecule has 2 aromatic rings. The fourth-order valence-electron chi connectivity index (χ4n) is 1.95. The Bertz CT molecular complexity index is 628. The quantitative estimate of drug-likeness (QED) is 0.776. The number of aromatic nitrogens is 2. The lowest BCUT2D eigenvalue weighted by Crippen LogP contribution is -2.46. The molecule has 4 N–H and O–H groups in total. The van der Waals surface area contributed by atoms with Gasteiger partial charge in [0, 0.05) is 17.5 Å². The van der Waals surface area contributed by atoms with Crippen molar-refractivity contribution in [1.29, 1.82) is 0 Å². The monoisotopic (exact) mass is 294 g/mol. The number of nitrogens with two attached hydrogens (primary N) is 1. The Morgan fingerprint density at radius 3 is 2.95 bits per heavy atom. The van der Waals surface area contributed by atoms with Gasteiger partial charge in [-0.15, -0.1) is 16.4 Å². The van der Waals surface area contributed by atoms with E-state index in [2.05, 4.69) is 15.5 Å². The number of nitrogens with one attached hydrogen (secondary N) is 1. The van der Waals surface area contributed by atoms with Crippen molar-refractivity contribution < 1.29 is 9.90 Å². The van der Waals surface area contributed by atoms with Gasteiger partial charge in [0.15, 0.2) is 0 Å². The zero-order chi connectivity index (χ0) is 14.8. The zero-order valence-electron chi connectivity index (χ0n) is 11.5. The molecule has 2 rings (SSSR count). The molecule has 0 aliphatic rings. The molecule has 2 heterocycles. The summed E-state index contributed by atoms with van der Waals surface area (Å²) in [5.74, 6) is -0.233. The predicted octanol–water partition coefficient (Wildman–Crippen LogP) is 1.55. The maximum Gasteiger partial charge on any atom is 0.263 e. The third-order valence-corrected chi connectivity index (χ3v) is 4.59. The van der Waals surface area contributed by atoms with Gasteiger partial charge in [0.1, 0.15) is 9.71 Å². The number of carbonyl (C=O) groups excluding carboxylic acids is 1. The second kappa shape index (κ2) is 5.72. The summed E-state index contributed by atoms with van der Waals surface area (Å²) in [5.41, 5.74) is 5.99. The minimum atomic E-state index is -0.444. The SMILES string of the molecule is CCC(C)(CCO)NC(=O)c1sc2nnccc2c1N. The van der Waals surface area contributed by atoms with Gasteiger partial charge in [-0.2, -0.15) is 5.10 Å². The molecule has 1 amide bonds. The molecule has 108 valence electrons. The minimum Gasteiger partial charge on any atom is -0.397 e. The Hall–Kier alpha value is -1.73. The lowest BCUT2D eigenvalue weighted by atomic mass is 9.95. The highest BCUT2D eigenvalue weighted by molar-refractivity contribution is 7.21. The van der Waals surface area contributed by atoms with E-state index in [0.717, 1.165) is 11.8 Å². The molecule has 0 aliphatic heterocycles. The smallest absolute Gasteiger partial charge is 0.263 e. The maximum atomic E-state index is 12.4. The average molecular weight is 294 g/mol. The van der Waals surface area contributed by atoms with Crippen LogP contribution in [0.25, 0.3) is 10.2 Å². The fraction of sp³-hybridized carbons (Fsp3) is 0.462. The van der Waals surface area contributed by atoms with Gasteiger partial charge < -0.3 is 16.2 Å². The van der Waals surface area contributed by atoms with Gasteiger partial charge >= 0.3 is 0 Å². The van der Waals surface area contributed by atoms with Crippen molar-refractivity contribution in [3.63, 3.8) is 0 Å². The van der Waals surface area contributed by atoms with E-state index in [-0.39, 0.29) is 12.5 Å². The molecule has 2 aromatic heterocycles. The summed E-state index contributed by atoms with van der Waals surface area (Å²) in [6.45, 7) is 3.90. The predicted molar refractivity (Wildman–Crippen MR) is 79.7 cm³/mol. The van der Waals surface area contributed by atoms with Crippen LogP contribution < -0.4 is 11.1 Å². The molecule has 7 heteroatoms. The van der Waals surface area contributed by atoms with Crippen LogP contribution in [0, 0.1) is 0 Å². The third-order valence-electron chi connectivity index (χ3n) is 3.49. The van der Waals surface area contributed by atoms with Crippen LogP contribution in [0.3, 0.4) is 0 Å². The molecular formula is C13H18N4O2S. The molecule has 0 aliphatic carbocycles. The summed E-state index contributed by atoms with van der Waals surface area (Å²) >= 11 is 1.23. The number of amides is 1. The van der Waals surface area contributed by atoms with Crippen molar-refractivity contribution in [3.05, 3.63) is 17.1 Å². The summed E-state index contributed by atoms with van der Waals surface area (Å²) in [6.07, 6.45) is 2.78. The number of aliphatic hydroxyl groups excluding tert-OH is 1. The molecule has 0 fully saturated rings. The molecule has 0 saturated heterocycles.